The minimum Gasteiger partial charge on any atom is -0.466 e. The van der Waals surface area contributed by atoms with E-state index in [0.29, 0.717) is 0 Å². The van der Waals surface area contributed by atoms with E-state index in [2.05, 4.69) is 20.7 Å². The maximum atomic E-state index is 13.2. The highest BCUT2D eigenvalue weighted by Crippen LogP contribution is 2.29. The maximum Gasteiger partial charge on any atom is 0.310 e. The van der Waals surface area contributed by atoms with Crippen molar-refractivity contribution in [1.82, 2.24) is 0 Å². The Kier molecular flexibility index (Phi) is 4.56. The SMILES string of the molecule is CCOC(=O)Cc1c([N+](=O)[O-])ccc(F)c1Br. The fourth-order valence-electron chi connectivity index (χ4n) is 1.28. The predicted molar refractivity (Wildman–Crippen MR) is 61.1 cm³/mol. The van der Waals surface area contributed by atoms with Crippen LogP contribution in [-0.4, -0.2) is 17.5 Å². The molecule has 0 heterocycles. The fraction of sp³-hybridized carbons (Fsp3) is 0.300. The summed E-state index contributed by atoms with van der Waals surface area (Å²) < 4.78 is 17.8. The van der Waals surface area contributed by atoms with Gasteiger partial charge < -0.3 is 4.74 Å². The Hall–Kier alpha value is -1.50. The average molecular weight is 306 g/mol. The van der Waals surface area contributed by atoms with Crippen molar-refractivity contribution in [3.05, 3.63) is 38.1 Å². The zero-order chi connectivity index (χ0) is 13.0. The Labute approximate surface area is 105 Å². The summed E-state index contributed by atoms with van der Waals surface area (Å²) in [5.74, 6) is -1.29. The molecule has 0 saturated heterocycles. The number of nitrogens with zero attached hydrogens (tertiary/aromatic N) is 1. The summed E-state index contributed by atoms with van der Waals surface area (Å²) >= 11 is 2.89. The molecule has 1 rings (SSSR count). The third-order valence-electron chi connectivity index (χ3n) is 1.99. The van der Waals surface area contributed by atoms with E-state index in [9.17, 15) is 19.3 Å². The number of nitro benzene ring substituents is 1. The molecule has 0 saturated carbocycles. The second-order valence-electron chi connectivity index (χ2n) is 3.10. The van der Waals surface area contributed by atoms with Gasteiger partial charge in [-0.3, -0.25) is 14.9 Å². The molecule has 0 unspecified atom stereocenters. The minimum absolute atomic E-state index is 0.0200. The van der Waals surface area contributed by atoms with E-state index in [0.717, 1.165) is 12.1 Å². The molecule has 0 N–H and O–H groups in total. The van der Waals surface area contributed by atoms with E-state index in [-0.39, 0.29) is 28.8 Å². The largest absolute Gasteiger partial charge is 0.466 e. The number of halogens is 2. The van der Waals surface area contributed by atoms with Crippen molar-refractivity contribution in [2.24, 2.45) is 0 Å². The molecular weight excluding hydrogens is 297 g/mol. The molecule has 0 aliphatic heterocycles. The molecule has 0 bridgehead atoms. The fourth-order valence-corrected chi connectivity index (χ4v) is 1.75. The van der Waals surface area contributed by atoms with Gasteiger partial charge in [-0.05, 0) is 28.9 Å². The van der Waals surface area contributed by atoms with E-state index in [4.69, 9.17) is 0 Å². The van der Waals surface area contributed by atoms with Crippen molar-refractivity contribution in [2.45, 2.75) is 13.3 Å². The second kappa shape index (κ2) is 5.72. The van der Waals surface area contributed by atoms with Crippen LogP contribution in [-0.2, 0) is 16.0 Å². The highest BCUT2D eigenvalue weighted by molar-refractivity contribution is 9.10. The topological polar surface area (TPSA) is 69.4 Å². The van der Waals surface area contributed by atoms with E-state index >= 15 is 0 Å². The molecule has 1 aromatic carbocycles. The van der Waals surface area contributed by atoms with Gasteiger partial charge in [-0.1, -0.05) is 0 Å². The Morgan fingerprint density at radius 3 is 2.76 bits per heavy atom. The number of carbonyl (C=O) groups is 1. The van der Waals surface area contributed by atoms with Crippen LogP contribution in [0.25, 0.3) is 0 Å². The first-order valence-corrected chi connectivity index (χ1v) is 5.53. The monoisotopic (exact) mass is 305 g/mol. The Morgan fingerprint density at radius 1 is 1.59 bits per heavy atom. The summed E-state index contributed by atoms with van der Waals surface area (Å²) in [5, 5.41) is 10.7. The van der Waals surface area contributed by atoms with Crippen LogP contribution in [0.2, 0.25) is 0 Å². The summed E-state index contributed by atoms with van der Waals surface area (Å²) in [7, 11) is 0. The molecular formula is C10H9BrFNO4. The van der Waals surface area contributed by atoms with Crippen molar-refractivity contribution in [3.63, 3.8) is 0 Å². The van der Waals surface area contributed by atoms with E-state index < -0.39 is 16.7 Å². The lowest BCUT2D eigenvalue weighted by Gasteiger charge is -2.06. The number of ether oxygens (including phenoxy) is 1. The first-order chi connectivity index (χ1) is 7.97. The smallest absolute Gasteiger partial charge is 0.310 e. The Bertz CT molecular complexity index is 464. The Balaban J connectivity index is 3.14. The number of esters is 1. The molecule has 0 fully saturated rings. The van der Waals surface area contributed by atoms with Crippen molar-refractivity contribution in [2.75, 3.05) is 6.61 Å². The summed E-state index contributed by atoms with van der Waals surface area (Å²) in [6.45, 7) is 1.78. The standard InChI is InChI=1S/C10H9BrFNO4/c1-2-17-9(14)5-6-8(13(15)16)4-3-7(12)10(6)11/h3-4H,2,5H2,1H3. The molecule has 0 atom stereocenters. The van der Waals surface area contributed by atoms with Gasteiger partial charge >= 0.3 is 5.97 Å². The lowest BCUT2D eigenvalue weighted by molar-refractivity contribution is -0.385. The number of rotatable bonds is 4. The maximum absolute atomic E-state index is 13.2. The first kappa shape index (κ1) is 13.6. The van der Waals surface area contributed by atoms with Gasteiger partial charge in [-0.15, -0.1) is 0 Å². The van der Waals surface area contributed by atoms with Gasteiger partial charge in [-0.25, -0.2) is 4.39 Å². The third-order valence-corrected chi connectivity index (χ3v) is 2.85. The van der Waals surface area contributed by atoms with E-state index in [1.54, 1.807) is 6.92 Å². The summed E-state index contributed by atoms with van der Waals surface area (Å²) in [6.07, 6.45) is -0.345. The van der Waals surface area contributed by atoms with Crippen LogP contribution >= 0.6 is 15.9 Å². The van der Waals surface area contributed by atoms with Crippen LogP contribution < -0.4 is 0 Å². The molecule has 0 amide bonds. The summed E-state index contributed by atoms with van der Waals surface area (Å²) in [6, 6.07) is 1.99. The molecule has 17 heavy (non-hydrogen) atoms. The molecule has 0 aliphatic carbocycles. The zero-order valence-corrected chi connectivity index (χ0v) is 10.5. The van der Waals surface area contributed by atoms with Crippen molar-refractivity contribution in [1.29, 1.82) is 0 Å². The lowest BCUT2D eigenvalue weighted by atomic mass is 10.1. The highest BCUT2D eigenvalue weighted by Gasteiger charge is 2.22. The van der Waals surface area contributed by atoms with Crippen LogP contribution in [0, 0.1) is 15.9 Å². The number of carbonyl (C=O) groups excluding carboxylic acids is 1. The molecule has 0 aromatic heterocycles. The average Bonchev–Trinajstić information content (AvgIpc) is 2.25. The summed E-state index contributed by atoms with van der Waals surface area (Å²) in [5.41, 5.74) is -0.334. The summed E-state index contributed by atoms with van der Waals surface area (Å²) in [4.78, 5) is 21.3. The number of nitro groups is 1. The Morgan fingerprint density at radius 2 is 2.24 bits per heavy atom. The van der Waals surface area contributed by atoms with Gasteiger partial charge in [0.25, 0.3) is 5.69 Å². The third kappa shape index (κ3) is 3.23. The lowest BCUT2D eigenvalue weighted by Crippen LogP contribution is -2.10. The number of hydrogen-bond acceptors (Lipinski definition) is 4. The van der Waals surface area contributed by atoms with Gasteiger partial charge in [0.05, 0.1) is 28.0 Å². The molecule has 0 radical (unpaired) electrons. The van der Waals surface area contributed by atoms with Gasteiger partial charge in [0.1, 0.15) is 5.82 Å². The van der Waals surface area contributed by atoms with Gasteiger partial charge in [0.2, 0.25) is 0 Å². The molecule has 7 heteroatoms. The molecule has 92 valence electrons. The molecule has 0 spiro atoms. The first-order valence-electron chi connectivity index (χ1n) is 4.74. The second-order valence-corrected chi connectivity index (χ2v) is 3.89. The highest BCUT2D eigenvalue weighted by atomic mass is 79.9. The van der Waals surface area contributed by atoms with Crippen LogP contribution in [0.4, 0.5) is 10.1 Å². The van der Waals surface area contributed by atoms with Gasteiger partial charge in [0, 0.05) is 6.07 Å². The van der Waals surface area contributed by atoms with E-state index in [1.807, 2.05) is 0 Å². The molecule has 1 aromatic rings. The zero-order valence-electron chi connectivity index (χ0n) is 8.91. The van der Waals surface area contributed by atoms with Crippen LogP contribution in [0.5, 0.6) is 0 Å². The van der Waals surface area contributed by atoms with Crippen molar-refractivity contribution in [3.8, 4) is 0 Å². The van der Waals surface area contributed by atoms with Crippen LogP contribution in [0.1, 0.15) is 12.5 Å². The van der Waals surface area contributed by atoms with Gasteiger partial charge in [0.15, 0.2) is 0 Å². The van der Waals surface area contributed by atoms with E-state index in [1.165, 1.54) is 0 Å². The normalized spacial score (nSPS) is 10.1. The van der Waals surface area contributed by atoms with Crippen LogP contribution in [0.15, 0.2) is 16.6 Å². The van der Waals surface area contributed by atoms with Crippen LogP contribution in [0.3, 0.4) is 0 Å². The van der Waals surface area contributed by atoms with Gasteiger partial charge in [-0.2, -0.15) is 0 Å². The number of hydrogen-bond donors (Lipinski definition) is 0. The quantitative estimate of drug-likeness (QED) is 0.487. The molecule has 5 nitrogen and oxygen atoms in total. The molecule has 0 aliphatic rings. The van der Waals surface area contributed by atoms with Crippen molar-refractivity contribution < 1.29 is 18.8 Å². The predicted octanol–water partition coefficient (Wildman–Crippen LogP) is 2.60. The van der Waals surface area contributed by atoms with Crippen molar-refractivity contribution >= 4 is 27.6 Å². The minimum atomic E-state index is -0.668. The number of benzene rings is 1.